The van der Waals surface area contributed by atoms with Crippen molar-refractivity contribution in [3.63, 3.8) is 0 Å². The zero-order valence-corrected chi connectivity index (χ0v) is 9.94. The van der Waals surface area contributed by atoms with Crippen LogP contribution >= 0.6 is 0 Å². The van der Waals surface area contributed by atoms with Crippen LogP contribution in [0.4, 0.5) is 0 Å². The van der Waals surface area contributed by atoms with Gasteiger partial charge in [0.25, 0.3) is 0 Å². The third-order valence-electron chi connectivity index (χ3n) is 3.27. The average molecular weight is 251 g/mol. The Balaban J connectivity index is 1.89. The first kappa shape index (κ1) is 8.05. The second-order valence-electron chi connectivity index (χ2n) is 4.00. The Bertz CT molecular complexity index is 319. The van der Waals surface area contributed by atoms with Crippen molar-refractivity contribution in [2.24, 2.45) is 0 Å². The van der Waals surface area contributed by atoms with Gasteiger partial charge in [0.15, 0.2) is 0 Å². The van der Waals surface area contributed by atoms with Gasteiger partial charge in [0, 0.05) is 0 Å². The van der Waals surface area contributed by atoms with E-state index >= 15 is 0 Å². The minimum atomic E-state index is -1.65. The van der Waals surface area contributed by atoms with Crippen molar-refractivity contribution in [1.29, 1.82) is 0 Å². The molecule has 67 valence electrons. The normalized spacial score (nSPS) is 27.7. The summed E-state index contributed by atoms with van der Waals surface area (Å²) in [6.07, 6.45) is 16.6. The van der Waals surface area contributed by atoms with Crippen LogP contribution in [0.25, 0.3) is 0 Å². The molecule has 1 aliphatic heterocycles. The van der Waals surface area contributed by atoms with E-state index in [1.807, 2.05) is 7.58 Å². The van der Waals surface area contributed by atoms with Gasteiger partial charge in [-0.2, -0.15) is 0 Å². The van der Waals surface area contributed by atoms with E-state index < -0.39 is 17.1 Å². The van der Waals surface area contributed by atoms with Gasteiger partial charge in [0.05, 0.1) is 0 Å². The monoisotopic (exact) mass is 251 g/mol. The quantitative estimate of drug-likeness (QED) is 0.657. The SMILES string of the molecule is C1=CC[C]([Nb]2([C]3=CC=CC3)[CH2][CH2]2)=C1. The van der Waals surface area contributed by atoms with Gasteiger partial charge in [-0.1, -0.05) is 0 Å². The summed E-state index contributed by atoms with van der Waals surface area (Å²) in [6.45, 7) is 0. The van der Waals surface area contributed by atoms with E-state index in [-0.39, 0.29) is 0 Å². The van der Waals surface area contributed by atoms with Gasteiger partial charge < -0.3 is 0 Å². The van der Waals surface area contributed by atoms with E-state index in [1.54, 1.807) is 9.28 Å². The second-order valence-corrected chi connectivity index (χ2v) is 13.8. The van der Waals surface area contributed by atoms with Gasteiger partial charge >= 0.3 is 83.3 Å². The molecule has 1 fully saturated rings. The molecule has 1 saturated heterocycles. The Labute approximate surface area is 83.2 Å². The predicted molar refractivity (Wildman–Crippen MR) is 53.3 cm³/mol. The van der Waals surface area contributed by atoms with Gasteiger partial charge in [0.1, 0.15) is 0 Å². The van der Waals surface area contributed by atoms with Crippen LogP contribution in [-0.2, 0) is 17.1 Å². The molecular formula is C12H14Nb. The molecule has 0 amide bonds. The van der Waals surface area contributed by atoms with Gasteiger partial charge in [-0.3, -0.25) is 0 Å². The third kappa shape index (κ3) is 1.17. The number of rotatable bonds is 2. The molecule has 13 heavy (non-hydrogen) atoms. The number of hydrogen-bond donors (Lipinski definition) is 0. The van der Waals surface area contributed by atoms with Crippen molar-refractivity contribution in [3.8, 4) is 0 Å². The summed E-state index contributed by atoms with van der Waals surface area (Å²) in [5.41, 5.74) is 0. The second kappa shape index (κ2) is 2.84. The summed E-state index contributed by atoms with van der Waals surface area (Å²) in [4.78, 5) is 0. The summed E-state index contributed by atoms with van der Waals surface area (Å²) in [7, 11) is 0. The summed E-state index contributed by atoms with van der Waals surface area (Å²) < 4.78 is 6.88. The van der Waals surface area contributed by atoms with E-state index in [0.717, 1.165) is 0 Å². The molecule has 0 saturated carbocycles. The van der Waals surface area contributed by atoms with Crippen molar-refractivity contribution in [3.05, 3.63) is 44.0 Å². The van der Waals surface area contributed by atoms with Gasteiger partial charge in [-0.25, -0.2) is 0 Å². The Morgan fingerprint density at radius 3 is 1.69 bits per heavy atom. The average Bonchev–Trinajstić information content (AvgIpc) is 2.68. The Hall–Kier alpha value is -0.300. The van der Waals surface area contributed by atoms with Crippen molar-refractivity contribution in [1.82, 2.24) is 0 Å². The molecule has 0 bridgehead atoms. The molecule has 0 radical (unpaired) electrons. The third-order valence-corrected chi connectivity index (χ3v) is 13.6. The van der Waals surface area contributed by atoms with E-state index in [2.05, 4.69) is 36.5 Å². The summed E-state index contributed by atoms with van der Waals surface area (Å²) >= 11 is -1.65. The van der Waals surface area contributed by atoms with Crippen LogP contribution in [0.5, 0.6) is 0 Å². The molecular weight excluding hydrogens is 237 g/mol. The number of hydrogen-bond acceptors (Lipinski definition) is 0. The van der Waals surface area contributed by atoms with Crippen LogP contribution in [-0.4, -0.2) is 0 Å². The van der Waals surface area contributed by atoms with E-state index in [9.17, 15) is 0 Å². The molecule has 1 heteroatoms. The Morgan fingerprint density at radius 1 is 0.846 bits per heavy atom. The van der Waals surface area contributed by atoms with Crippen LogP contribution in [0.1, 0.15) is 12.8 Å². The Morgan fingerprint density at radius 2 is 1.38 bits per heavy atom. The molecule has 0 unspecified atom stereocenters. The molecule has 0 N–H and O–H groups in total. The van der Waals surface area contributed by atoms with Crippen LogP contribution in [0.2, 0.25) is 9.28 Å². The first-order valence-corrected chi connectivity index (χ1v) is 10.3. The van der Waals surface area contributed by atoms with Gasteiger partial charge in [-0.15, -0.1) is 0 Å². The topological polar surface area (TPSA) is 0 Å². The fraction of sp³-hybridized carbons (Fsp3) is 0.333. The zero-order valence-electron chi connectivity index (χ0n) is 7.74. The molecule has 0 atom stereocenters. The van der Waals surface area contributed by atoms with E-state index in [1.165, 1.54) is 12.8 Å². The molecule has 1 heterocycles. The van der Waals surface area contributed by atoms with Crippen molar-refractivity contribution in [2.45, 2.75) is 22.1 Å². The molecule has 3 aliphatic rings. The fourth-order valence-corrected chi connectivity index (χ4v) is 13.6. The molecule has 0 aromatic rings. The van der Waals surface area contributed by atoms with Gasteiger partial charge in [0.2, 0.25) is 0 Å². The van der Waals surface area contributed by atoms with Crippen LogP contribution in [0.15, 0.2) is 44.0 Å². The molecule has 3 rings (SSSR count). The minimum absolute atomic E-state index is 1.28. The molecule has 2 aliphatic carbocycles. The van der Waals surface area contributed by atoms with Gasteiger partial charge in [-0.05, 0) is 0 Å². The Kier molecular flexibility index (Phi) is 1.76. The molecule has 0 aromatic carbocycles. The van der Waals surface area contributed by atoms with Crippen molar-refractivity contribution < 1.29 is 17.1 Å². The maximum atomic E-state index is 2.41. The van der Waals surface area contributed by atoms with Crippen LogP contribution in [0.3, 0.4) is 0 Å². The summed E-state index contributed by atoms with van der Waals surface area (Å²) in [5.74, 6) is 0. The first-order chi connectivity index (χ1) is 6.42. The number of allylic oxidation sites excluding steroid dienone is 8. The van der Waals surface area contributed by atoms with Crippen molar-refractivity contribution in [2.75, 3.05) is 0 Å². The van der Waals surface area contributed by atoms with Crippen LogP contribution in [0, 0.1) is 0 Å². The summed E-state index contributed by atoms with van der Waals surface area (Å²) in [5, 5.41) is 0. The fourth-order valence-electron chi connectivity index (χ4n) is 2.37. The van der Waals surface area contributed by atoms with E-state index in [0.29, 0.717) is 0 Å². The predicted octanol–water partition coefficient (Wildman–Crippen LogP) is 3.68. The molecule has 0 aromatic heterocycles. The van der Waals surface area contributed by atoms with E-state index in [4.69, 9.17) is 0 Å². The van der Waals surface area contributed by atoms with Crippen molar-refractivity contribution >= 4 is 0 Å². The molecule has 0 nitrogen and oxygen atoms in total. The molecule has 0 spiro atoms. The maximum absolute atomic E-state index is 2.41. The zero-order chi connectivity index (χ0) is 8.73. The standard InChI is InChI=1S/2C5H5.C2H4.Nb/c2*1-2-4-5-3-1;1-2;/h2*1-3H,4H2;1-2H2;. The van der Waals surface area contributed by atoms with Crippen LogP contribution < -0.4 is 0 Å². The first-order valence-electron chi connectivity index (χ1n) is 5.01. The summed E-state index contributed by atoms with van der Waals surface area (Å²) in [6, 6.07) is 0.